The number of thiophene rings is 1. The van der Waals surface area contributed by atoms with Crippen LogP contribution in [0.3, 0.4) is 0 Å². The van der Waals surface area contributed by atoms with E-state index in [4.69, 9.17) is 28.5 Å². The van der Waals surface area contributed by atoms with Crippen molar-refractivity contribution < 1.29 is 0 Å². The smallest absolute Gasteiger partial charge is 0.0996 e. The van der Waals surface area contributed by atoms with Crippen molar-refractivity contribution in [3.8, 4) is 6.07 Å². The summed E-state index contributed by atoms with van der Waals surface area (Å²) in [5.41, 5.74) is 3.00. The van der Waals surface area contributed by atoms with Gasteiger partial charge in [0.15, 0.2) is 0 Å². The molecule has 1 aromatic carbocycles. The number of benzene rings is 1. The minimum atomic E-state index is 0.0815. The number of rotatable bonds is 4. The summed E-state index contributed by atoms with van der Waals surface area (Å²) in [6.45, 7) is 2.04. The fourth-order valence-corrected chi connectivity index (χ4v) is 3.43. The van der Waals surface area contributed by atoms with Gasteiger partial charge in [0.1, 0.15) is 0 Å². The predicted octanol–water partition coefficient (Wildman–Crippen LogP) is 5.29. The molecule has 2 aromatic rings. The number of nitriles is 1. The third kappa shape index (κ3) is 3.63. The van der Waals surface area contributed by atoms with Crippen LogP contribution in [0.2, 0.25) is 8.67 Å². The van der Waals surface area contributed by atoms with Crippen LogP contribution < -0.4 is 5.32 Å². The minimum absolute atomic E-state index is 0.0815. The van der Waals surface area contributed by atoms with E-state index in [2.05, 4.69) is 11.4 Å². The van der Waals surface area contributed by atoms with Gasteiger partial charge >= 0.3 is 0 Å². The van der Waals surface area contributed by atoms with Crippen molar-refractivity contribution in [1.82, 2.24) is 0 Å². The van der Waals surface area contributed by atoms with E-state index in [0.29, 0.717) is 15.1 Å². The number of nitrogens with one attached hydrogen (secondary N) is 1. The highest BCUT2D eigenvalue weighted by Gasteiger charge is 2.13. The first-order chi connectivity index (χ1) is 9.10. The lowest BCUT2D eigenvalue weighted by Crippen LogP contribution is -2.05. The standard InChI is InChI=1S/C14H12Cl2N2S/c1-9(12-8-13(15)19-14(12)16)18-11-4-2-10(3-5-11)6-7-17/h2-5,8-9,18H,6H2,1H3. The van der Waals surface area contributed by atoms with Crippen LogP contribution in [0.5, 0.6) is 0 Å². The van der Waals surface area contributed by atoms with Gasteiger partial charge in [0, 0.05) is 11.3 Å². The van der Waals surface area contributed by atoms with Crippen LogP contribution in [-0.4, -0.2) is 0 Å². The highest BCUT2D eigenvalue weighted by molar-refractivity contribution is 7.20. The molecule has 0 aliphatic carbocycles. The highest BCUT2D eigenvalue weighted by Crippen LogP contribution is 2.36. The van der Waals surface area contributed by atoms with Gasteiger partial charge in [-0.25, -0.2) is 0 Å². The molecule has 0 fully saturated rings. The summed E-state index contributed by atoms with van der Waals surface area (Å²) in [6.07, 6.45) is 0.432. The van der Waals surface area contributed by atoms with Crippen LogP contribution >= 0.6 is 34.5 Å². The number of nitrogens with zero attached hydrogens (tertiary/aromatic N) is 1. The van der Waals surface area contributed by atoms with Crippen molar-refractivity contribution in [3.63, 3.8) is 0 Å². The van der Waals surface area contributed by atoms with Gasteiger partial charge in [-0.3, -0.25) is 0 Å². The summed E-state index contributed by atoms with van der Waals surface area (Å²) in [5.74, 6) is 0. The molecule has 0 aliphatic rings. The quantitative estimate of drug-likeness (QED) is 0.832. The molecule has 2 rings (SSSR count). The molecule has 1 aromatic heterocycles. The predicted molar refractivity (Wildman–Crippen MR) is 82.1 cm³/mol. The Bertz CT molecular complexity index is 599. The number of hydrogen-bond acceptors (Lipinski definition) is 3. The highest BCUT2D eigenvalue weighted by atomic mass is 35.5. The van der Waals surface area contributed by atoms with Crippen LogP contribution in [0.1, 0.15) is 24.1 Å². The lowest BCUT2D eigenvalue weighted by atomic mass is 10.1. The van der Waals surface area contributed by atoms with Gasteiger partial charge in [-0.05, 0) is 30.7 Å². The van der Waals surface area contributed by atoms with Crippen molar-refractivity contribution in [2.24, 2.45) is 0 Å². The van der Waals surface area contributed by atoms with E-state index >= 15 is 0 Å². The van der Waals surface area contributed by atoms with Crippen molar-refractivity contribution in [1.29, 1.82) is 5.26 Å². The topological polar surface area (TPSA) is 35.8 Å². The Labute approximate surface area is 126 Å². The molecule has 0 saturated carbocycles. The van der Waals surface area contributed by atoms with Gasteiger partial charge in [-0.1, -0.05) is 35.3 Å². The maximum atomic E-state index is 8.62. The van der Waals surface area contributed by atoms with Gasteiger partial charge in [-0.15, -0.1) is 11.3 Å². The van der Waals surface area contributed by atoms with E-state index < -0.39 is 0 Å². The summed E-state index contributed by atoms with van der Waals surface area (Å²) in [4.78, 5) is 0. The summed E-state index contributed by atoms with van der Waals surface area (Å²) >= 11 is 13.4. The maximum Gasteiger partial charge on any atom is 0.0996 e. The molecule has 98 valence electrons. The normalized spacial score (nSPS) is 11.9. The first-order valence-corrected chi connectivity index (χ1v) is 7.34. The maximum absolute atomic E-state index is 8.62. The van der Waals surface area contributed by atoms with E-state index in [1.165, 1.54) is 11.3 Å². The van der Waals surface area contributed by atoms with Crippen molar-refractivity contribution in [2.45, 2.75) is 19.4 Å². The van der Waals surface area contributed by atoms with Gasteiger partial charge in [-0.2, -0.15) is 5.26 Å². The molecule has 1 N–H and O–H groups in total. The summed E-state index contributed by atoms with van der Waals surface area (Å²) in [5, 5.41) is 12.0. The number of halogens is 2. The van der Waals surface area contributed by atoms with Crippen molar-refractivity contribution in [2.75, 3.05) is 5.32 Å². The zero-order chi connectivity index (χ0) is 13.8. The SMILES string of the molecule is CC(Nc1ccc(CC#N)cc1)c1cc(Cl)sc1Cl. The lowest BCUT2D eigenvalue weighted by molar-refractivity contribution is 0.890. The second-order valence-electron chi connectivity index (χ2n) is 4.18. The molecule has 0 saturated heterocycles. The third-order valence-corrected chi connectivity index (χ3v) is 4.29. The Morgan fingerprint density at radius 1 is 1.32 bits per heavy atom. The average molecular weight is 311 g/mol. The molecular weight excluding hydrogens is 299 g/mol. The molecule has 1 atom stereocenters. The molecule has 1 unspecified atom stereocenters. The van der Waals surface area contributed by atoms with Gasteiger partial charge in [0.05, 0.1) is 27.2 Å². The lowest BCUT2D eigenvalue weighted by Gasteiger charge is -2.15. The van der Waals surface area contributed by atoms with Crippen molar-refractivity contribution >= 4 is 40.2 Å². The monoisotopic (exact) mass is 310 g/mol. The first-order valence-electron chi connectivity index (χ1n) is 5.77. The first kappa shape index (κ1) is 14.2. The molecule has 1 heterocycles. The zero-order valence-corrected chi connectivity index (χ0v) is 12.6. The molecule has 19 heavy (non-hydrogen) atoms. The molecule has 2 nitrogen and oxygen atoms in total. The fraction of sp³-hybridized carbons (Fsp3) is 0.214. The van der Waals surface area contributed by atoms with Gasteiger partial charge < -0.3 is 5.32 Å². The summed E-state index contributed by atoms with van der Waals surface area (Å²) in [7, 11) is 0. The van der Waals surface area contributed by atoms with E-state index in [9.17, 15) is 0 Å². The molecular formula is C14H12Cl2N2S. The van der Waals surface area contributed by atoms with Crippen LogP contribution in [0.25, 0.3) is 0 Å². The van der Waals surface area contributed by atoms with E-state index in [1.807, 2.05) is 37.3 Å². The molecule has 0 bridgehead atoms. The molecule has 5 heteroatoms. The van der Waals surface area contributed by atoms with Crippen LogP contribution in [0, 0.1) is 11.3 Å². The number of anilines is 1. The van der Waals surface area contributed by atoms with E-state index in [0.717, 1.165) is 16.8 Å². The van der Waals surface area contributed by atoms with Crippen LogP contribution in [-0.2, 0) is 6.42 Å². The van der Waals surface area contributed by atoms with Crippen molar-refractivity contribution in [3.05, 3.63) is 50.1 Å². The Kier molecular flexibility index (Phi) is 4.71. The van der Waals surface area contributed by atoms with E-state index in [-0.39, 0.29) is 6.04 Å². The third-order valence-electron chi connectivity index (χ3n) is 2.77. The second kappa shape index (κ2) is 6.29. The molecule has 0 aliphatic heterocycles. The van der Waals surface area contributed by atoms with E-state index in [1.54, 1.807) is 0 Å². The summed E-state index contributed by atoms with van der Waals surface area (Å²) < 4.78 is 1.41. The minimum Gasteiger partial charge on any atom is -0.378 e. The Hall–Kier alpha value is -1.21. The Morgan fingerprint density at radius 3 is 2.53 bits per heavy atom. The Balaban J connectivity index is 2.08. The average Bonchev–Trinajstić information content (AvgIpc) is 2.71. The number of hydrogen-bond donors (Lipinski definition) is 1. The second-order valence-corrected chi connectivity index (χ2v) is 6.46. The van der Waals surface area contributed by atoms with Crippen LogP contribution in [0.4, 0.5) is 5.69 Å². The molecule has 0 amide bonds. The fourth-order valence-electron chi connectivity index (χ4n) is 1.79. The molecule has 0 spiro atoms. The van der Waals surface area contributed by atoms with Crippen LogP contribution in [0.15, 0.2) is 30.3 Å². The Morgan fingerprint density at radius 2 is 2.00 bits per heavy atom. The zero-order valence-electron chi connectivity index (χ0n) is 10.3. The largest absolute Gasteiger partial charge is 0.378 e. The van der Waals surface area contributed by atoms with Gasteiger partial charge in [0.25, 0.3) is 0 Å². The summed E-state index contributed by atoms with van der Waals surface area (Å²) in [6, 6.07) is 11.9. The van der Waals surface area contributed by atoms with Gasteiger partial charge in [0.2, 0.25) is 0 Å². The molecule has 0 radical (unpaired) electrons.